The highest BCUT2D eigenvalue weighted by molar-refractivity contribution is 7.07. The van der Waals surface area contributed by atoms with Crippen LogP contribution in [0.3, 0.4) is 0 Å². The van der Waals surface area contributed by atoms with E-state index in [1.54, 1.807) is 0 Å². The van der Waals surface area contributed by atoms with Crippen LogP contribution in [0.25, 0.3) is 0 Å². The molecule has 2 aromatic rings. The molecule has 0 saturated heterocycles. The average molecular weight is 204 g/mol. The first-order chi connectivity index (χ1) is 6.75. The van der Waals surface area contributed by atoms with Crippen LogP contribution in [0, 0.1) is 19.4 Å². The Labute approximate surface area is 87.2 Å². The van der Waals surface area contributed by atoms with Crippen LogP contribution in [0.5, 0.6) is 11.6 Å². The van der Waals surface area contributed by atoms with Crippen molar-refractivity contribution in [3.63, 3.8) is 0 Å². The molecule has 0 unspecified atom stereocenters. The van der Waals surface area contributed by atoms with Crippen LogP contribution in [-0.2, 0) is 0 Å². The Kier molecular flexibility index (Phi) is 2.50. The van der Waals surface area contributed by atoms with Crippen molar-refractivity contribution in [1.29, 1.82) is 0 Å². The fourth-order valence-electron chi connectivity index (χ4n) is 1.25. The van der Waals surface area contributed by atoms with Gasteiger partial charge in [-0.2, -0.15) is 4.98 Å². The topological polar surface area (TPSA) is 22.1 Å². The van der Waals surface area contributed by atoms with Crippen molar-refractivity contribution in [1.82, 2.24) is 4.98 Å². The van der Waals surface area contributed by atoms with Gasteiger partial charge in [0, 0.05) is 0 Å². The maximum atomic E-state index is 5.57. The second kappa shape index (κ2) is 3.80. The summed E-state index contributed by atoms with van der Waals surface area (Å²) in [6.07, 6.45) is 0. The lowest BCUT2D eigenvalue weighted by molar-refractivity contribution is 0.462. The van der Waals surface area contributed by atoms with Crippen molar-refractivity contribution in [2.24, 2.45) is 0 Å². The Hall–Kier alpha value is -1.35. The predicted octanol–water partition coefficient (Wildman–Crippen LogP) is 3.35. The molecule has 1 aromatic carbocycles. The van der Waals surface area contributed by atoms with Crippen molar-refractivity contribution >= 4 is 11.3 Å². The molecule has 0 bridgehead atoms. The van der Waals surface area contributed by atoms with E-state index in [4.69, 9.17) is 4.74 Å². The van der Waals surface area contributed by atoms with Crippen molar-refractivity contribution in [2.75, 3.05) is 0 Å². The Balaban J connectivity index is 2.25. The molecule has 0 fully saturated rings. The van der Waals surface area contributed by atoms with Gasteiger partial charge < -0.3 is 4.74 Å². The number of benzene rings is 1. The molecule has 0 spiro atoms. The molecule has 0 amide bonds. The lowest BCUT2D eigenvalue weighted by atomic mass is 10.1. The van der Waals surface area contributed by atoms with Crippen molar-refractivity contribution in [2.45, 2.75) is 13.8 Å². The molecular formula is C11H10NOS. The van der Waals surface area contributed by atoms with Gasteiger partial charge in [0.15, 0.2) is 5.51 Å². The predicted molar refractivity (Wildman–Crippen MR) is 56.9 cm³/mol. The summed E-state index contributed by atoms with van der Waals surface area (Å²) in [6, 6.07) is 6.08. The molecule has 1 radical (unpaired) electrons. The maximum absolute atomic E-state index is 5.57. The standard InChI is InChI=1S/C11H10NOS/c1-8-3-4-10(9(2)5-8)13-11-6-14-7-12-11/h3-6H,1-2H3. The summed E-state index contributed by atoms with van der Waals surface area (Å²) >= 11 is 1.41. The van der Waals surface area contributed by atoms with Crippen molar-refractivity contribution in [3.8, 4) is 11.6 Å². The van der Waals surface area contributed by atoms with Gasteiger partial charge in [-0.3, -0.25) is 0 Å². The van der Waals surface area contributed by atoms with E-state index in [0.717, 1.165) is 11.3 Å². The van der Waals surface area contributed by atoms with Gasteiger partial charge >= 0.3 is 0 Å². The smallest absolute Gasteiger partial charge is 0.230 e. The fraction of sp³-hybridized carbons (Fsp3) is 0.182. The molecule has 1 heterocycles. The summed E-state index contributed by atoms with van der Waals surface area (Å²) in [5.74, 6) is 1.47. The maximum Gasteiger partial charge on any atom is 0.230 e. The van der Waals surface area contributed by atoms with Gasteiger partial charge in [0.25, 0.3) is 0 Å². The number of nitrogens with zero attached hydrogens (tertiary/aromatic N) is 1. The minimum Gasteiger partial charge on any atom is -0.438 e. The first kappa shape index (κ1) is 9.21. The summed E-state index contributed by atoms with van der Waals surface area (Å²) in [5.41, 5.74) is 5.11. The number of hydrogen-bond donors (Lipinski definition) is 0. The van der Waals surface area contributed by atoms with E-state index in [-0.39, 0.29) is 0 Å². The van der Waals surface area contributed by atoms with Gasteiger partial charge in [0.1, 0.15) is 5.75 Å². The highest BCUT2D eigenvalue weighted by atomic mass is 32.1. The molecule has 0 aliphatic rings. The molecule has 0 aliphatic heterocycles. The van der Waals surface area contributed by atoms with Crippen LogP contribution >= 0.6 is 11.3 Å². The van der Waals surface area contributed by atoms with Crippen LogP contribution in [-0.4, -0.2) is 4.98 Å². The van der Waals surface area contributed by atoms with E-state index in [1.165, 1.54) is 16.9 Å². The van der Waals surface area contributed by atoms with Crippen LogP contribution < -0.4 is 4.74 Å². The first-order valence-corrected chi connectivity index (χ1v) is 5.20. The molecule has 0 aliphatic carbocycles. The van der Waals surface area contributed by atoms with Crippen LogP contribution in [0.2, 0.25) is 0 Å². The Bertz CT molecular complexity index is 423. The van der Waals surface area contributed by atoms with Gasteiger partial charge in [-0.25, -0.2) is 0 Å². The fourth-order valence-corrected chi connectivity index (χ4v) is 1.64. The third kappa shape index (κ3) is 1.93. The Morgan fingerprint density at radius 3 is 2.86 bits per heavy atom. The van der Waals surface area contributed by atoms with E-state index in [2.05, 4.69) is 23.5 Å². The molecule has 1 aromatic heterocycles. The van der Waals surface area contributed by atoms with Crippen LogP contribution in [0.15, 0.2) is 23.6 Å². The number of thiazole rings is 1. The van der Waals surface area contributed by atoms with E-state index < -0.39 is 0 Å². The minimum atomic E-state index is 0.613. The van der Waals surface area contributed by atoms with Crippen LogP contribution in [0.4, 0.5) is 0 Å². The largest absolute Gasteiger partial charge is 0.438 e. The second-order valence-electron chi connectivity index (χ2n) is 3.15. The number of aromatic nitrogens is 1. The van der Waals surface area contributed by atoms with E-state index in [0.29, 0.717) is 5.88 Å². The van der Waals surface area contributed by atoms with E-state index in [1.807, 2.05) is 24.4 Å². The molecule has 14 heavy (non-hydrogen) atoms. The average Bonchev–Trinajstić information content (AvgIpc) is 2.62. The van der Waals surface area contributed by atoms with Gasteiger partial charge in [-0.05, 0) is 25.5 Å². The third-order valence-electron chi connectivity index (χ3n) is 1.91. The highest BCUT2D eigenvalue weighted by Gasteiger charge is 2.02. The minimum absolute atomic E-state index is 0.613. The molecule has 2 rings (SSSR count). The normalized spacial score (nSPS) is 10.1. The zero-order chi connectivity index (χ0) is 9.97. The van der Waals surface area contributed by atoms with Gasteiger partial charge in [0.05, 0.1) is 5.38 Å². The number of rotatable bonds is 2. The molecule has 71 valence electrons. The lowest BCUT2D eigenvalue weighted by Crippen LogP contribution is -1.87. The zero-order valence-electron chi connectivity index (χ0n) is 8.07. The number of hydrogen-bond acceptors (Lipinski definition) is 3. The monoisotopic (exact) mass is 204 g/mol. The first-order valence-electron chi connectivity index (χ1n) is 4.32. The third-order valence-corrected chi connectivity index (χ3v) is 2.43. The SMILES string of the molecule is Cc1ccc(Oc2cs[c]n2)c(C)c1. The highest BCUT2D eigenvalue weighted by Crippen LogP contribution is 2.24. The van der Waals surface area contributed by atoms with Gasteiger partial charge in [0.2, 0.25) is 5.88 Å². The van der Waals surface area contributed by atoms with Gasteiger partial charge in [-0.15, -0.1) is 11.3 Å². The number of aryl methyl sites for hydroxylation is 2. The zero-order valence-corrected chi connectivity index (χ0v) is 8.89. The van der Waals surface area contributed by atoms with E-state index >= 15 is 0 Å². The summed E-state index contributed by atoms with van der Waals surface area (Å²) in [7, 11) is 0. The number of ether oxygens (including phenoxy) is 1. The molecule has 0 N–H and O–H groups in total. The molecular weight excluding hydrogens is 194 g/mol. The molecule has 3 heteroatoms. The quantitative estimate of drug-likeness (QED) is 0.748. The Morgan fingerprint density at radius 2 is 2.21 bits per heavy atom. The summed E-state index contributed by atoms with van der Waals surface area (Å²) < 4.78 is 5.57. The molecule has 0 atom stereocenters. The summed E-state index contributed by atoms with van der Waals surface area (Å²) in [4.78, 5) is 3.95. The van der Waals surface area contributed by atoms with Gasteiger partial charge in [-0.1, -0.05) is 17.7 Å². The molecule has 0 saturated carbocycles. The molecule has 2 nitrogen and oxygen atoms in total. The summed E-state index contributed by atoms with van der Waals surface area (Å²) in [6.45, 7) is 4.09. The second-order valence-corrected chi connectivity index (χ2v) is 3.80. The van der Waals surface area contributed by atoms with Crippen molar-refractivity contribution < 1.29 is 4.74 Å². The van der Waals surface area contributed by atoms with Crippen LogP contribution in [0.1, 0.15) is 11.1 Å². The lowest BCUT2D eigenvalue weighted by Gasteiger charge is -2.06. The van der Waals surface area contributed by atoms with E-state index in [9.17, 15) is 0 Å². The summed E-state index contributed by atoms with van der Waals surface area (Å²) in [5, 5.41) is 1.83. The van der Waals surface area contributed by atoms with Crippen molar-refractivity contribution in [3.05, 3.63) is 40.2 Å². The Morgan fingerprint density at radius 1 is 1.36 bits per heavy atom.